The van der Waals surface area contributed by atoms with Gasteiger partial charge in [0.15, 0.2) is 0 Å². The second kappa shape index (κ2) is 9.74. The Morgan fingerprint density at radius 3 is 2.50 bits per heavy atom. The Morgan fingerprint density at radius 1 is 1.25 bits per heavy atom. The van der Waals surface area contributed by atoms with Gasteiger partial charge in [-0.3, -0.25) is 0 Å². The summed E-state index contributed by atoms with van der Waals surface area (Å²) in [5.41, 5.74) is 5.37. The molecule has 0 saturated carbocycles. The van der Waals surface area contributed by atoms with Crippen LogP contribution in [0.4, 0.5) is 0 Å². The second-order valence-corrected chi connectivity index (χ2v) is 5.30. The van der Waals surface area contributed by atoms with Gasteiger partial charge in [0.1, 0.15) is 0 Å². The highest BCUT2D eigenvalue weighted by molar-refractivity contribution is 14.1. The van der Waals surface area contributed by atoms with Crippen molar-refractivity contribution in [3.63, 3.8) is 0 Å². The third-order valence-electron chi connectivity index (χ3n) is 1.76. The molecule has 3 N–H and O–H groups in total. The minimum Gasteiger partial charge on any atom is -0.330 e. The summed E-state index contributed by atoms with van der Waals surface area (Å²) in [7, 11) is 0. The van der Waals surface area contributed by atoms with Crippen LogP contribution in [0.3, 0.4) is 0 Å². The number of rotatable bonds is 8. The van der Waals surface area contributed by atoms with Gasteiger partial charge in [-0.15, -0.1) is 0 Å². The molecule has 1 unspecified atom stereocenters. The Labute approximate surface area is 89.8 Å². The third kappa shape index (κ3) is 10.7. The van der Waals surface area contributed by atoms with Crippen molar-refractivity contribution in [1.29, 1.82) is 0 Å². The first-order chi connectivity index (χ1) is 5.77. The number of hydrogen-bond donors (Lipinski definition) is 2. The number of nitrogens with one attached hydrogen (secondary N) is 1. The van der Waals surface area contributed by atoms with E-state index >= 15 is 0 Å². The molecule has 0 spiro atoms. The zero-order chi connectivity index (χ0) is 9.23. The lowest BCUT2D eigenvalue weighted by Gasteiger charge is -2.04. The van der Waals surface area contributed by atoms with Crippen LogP contribution in [0.2, 0.25) is 0 Å². The fourth-order valence-corrected chi connectivity index (χ4v) is 1.47. The molecule has 0 aromatic rings. The summed E-state index contributed by atoms with van der Waals surface area (Å²) >= 11 is 2.48. The van der Waals surface area contributed by atoms with E-state index in [0.717, 1.165) is 30.0 Å². The molecule has 0 aliphatic rings. The largest absolute Gasteiger partial charge is 0.330 e. The van der Waals surface area contributed by atoms with E-state index in [0.29, 0.717) is 0 Å². The molecule has 0 aromatic heterocycles. The van der Waals surface area contributed by atoms with E-state index in [1.54, 1.807) is 0 Å². The maximum atomic E-state index is 5.37. The van der Waals surface area contributed by atoms with Crippen LogP contribution < -0.4 is 11.1 Å². The van der Waals surface area contributed by atoms with Gasteiger partial charge in [-0.1, -0.05) is 35.9 Å². The Balaban J connectivity index is 2.82. The summed E-state index contributed by atoms with van der Waals surface area (Å²) in [5.74, 6) is 0. The Morgan fingerprint density at radius 2 is 1.92 bits per heavy atom. The lowest BCUT2D eigenvalue weighted by atomic mass is 10.2. The van der Waals surface area contributed by atoms with Crippen molar-refractivity contribution < 1.29 is 0 Å². The van der Waals surface area contributed by atoms with Crippen molar-refractivity contribution in [3.05, 3.63) is 0 Å². The maximum absolute atomic E-state index is 5.37. The van der Waals surface area contributed by atoms with Crippen molar-refractivity contribution >= 4 is 22.6 Å². The average molecular weight is 284 g/mol. The van der Waals surface area contributed by atoms with Crippen LogP contribution in [0, 0.1) is 0 Å². The molecule has 0 bridgehead atoms. The van der Waals surface area contributed by atoms with Crippen molar-refractivity contribution in [3.8, 4) is 0 Å². The average Bonchev–Trinajstić information content (AvgIpc) is 2.02. The molecule has 2 nitrogen and oxygen atoms in total. The van der Waals surface area contributed by atoms with E-state index in [1.165, 1.54) is 19.3 Å². The van der Waals surface area contributed by atoms with Gasteiger partial charge in [0.2, 0.25) is 0 Å². The first kappa shape index (κ1) is 12.7. The standard InChI is InChI=1S/C9H21IN2/c1-9(10)5-2-3-7-12-8-4-6-11/h9,12H,2-8,11H2,1H3. The molecular weight excluding hydrogens is 263 g/mol. The number of unbranched alkanes of at least 4 members (excludes halogenated alkanes) is 1. The smallest absolute Gasteiger partial charge is 0.00813 e. The molecule has 0 fully saturated rings. The zero-order valence-corrected chi connectivity index (χ0v) is 10.1. The first-order valence-electron chi connectivity index (χ1n) is 4.82. The van der Waals surface area contributed by atoms with E-state index in [4.69, 9.17) is 5.73 Å². The van der Waals surface area contributed by atoms with Crippen molar-refractivity contribution in [2.45, 2.75) is 36.5 Å². The van der Waals surface area contributed by atoms with Crippen LogP contribution >= 0.6 is 22.6 Å². The summed E-state index contributed by atoms with van der Waals surface area (Å²) in [6.45, 7) is 5.31. The van der Waals surface area contributed by atoms with Gasteiger partial charge in [-0.2, -0.15) is 0 Å². The molecule has 0 heterocycles. The first-order valence-corrected chi connectivity index (χ1v) is 6.06. The van der Waals surface area contributed by atoms with Crippen LogP contribution in [0.25, 0.3) is 0 Å². The van der Waals surface area contributed by atoms with Crippen LogP contribution in [-0.4, -0.2) is 23.6 Å². The number of hydrogen-bond acceptors (Lipinski definition) is 2. The van der Waals surface area contributed by atoms with Crippen LogP contribution in [0.1, 0.15) is 32.6 Å². The maximum Gasteiger partial charge on any atom is 0.00813 e. The van der Waals surface area contributed by atoms with Crippen molar-refractivity contribution in [2.24, 2.45) is 5.73 Å². The number of alkyl halides is 1. The van der Waals surface area contributed by atoms with Gasteiger partial charge in [-0.05, 0) is 38.9 Å². The second-order valence-electron chi connectivity index (χ2n) is 3.17. The van der Waals surface area contributed by atoms with Crippen LogP contribution in [0.15, 0.2) is 0 Å². The SMILES string of the molecule is CC(I)CCCCNCCCN. The molecule has 0 rings (SSSR count). The Hall–Kier alpha value is 0.650. The molecule has 0 radical (unpaired) electrons. The molecule has 0 aliphatic heterocycles. The minimum atomic E-state index is 0.803. The lowest BCUT2D eigenvalue weighted by Crippen LogP contribution is -2.19. The molecule has 3 heteroatoms. The molecule has 1 atom stereocenters. The van der Waals surface area contributed by atoms with Crippen LogP contribution in [-0.2, 0) is 0 Å². The Bertz CT molecular complexity index is 86.6. The van der Waals surface area contributed by atoms with E-state index < -0.39 is 0 Å². The summed E-state index contributed by atoms with van der Waals surface area (Å²) in [4.78, 5) is 0. The third-order valence-corrected chi connectivity index (χ3v) is 2.39. The predicted molar refractivity (Wildman–Crippen MR) is 63.9 cm³/mol. The fraction of sp³-hybridized carbons (Fsp3) is 1.00. The molecule has 74 valence electrons. The van der Waals surface area contributed by atoms with Gasteiger partial charge in [0.25, 0.3) is 0 Å². The quantitative estimate of drug-likeness (QED) is 0.406. The van der Waals surface area contributed by atoms with Gasteiger partial charge >= 0.3 is 0 Å². The fourth-order valence-electron chi connectivity index (χ4n) is 1.03. The van der Waals surface area contributed by atoms with E-state index in [2.05, 4.69) is 34.8 Å². The molecule has 12 heavy (non-hydrogen) atoms. The predicted octanol–water partition coefficient (Wildman–Crippen LogP) is 1.92. The monoisotopic (exact) mass is 284 g/mol. The highest BCUT2D eigenvalue weighted by Gasteiger charge is 1.94. The normalized spacial score (nSPS) is 13.2. The van der Waals surface area contributed by atoms with Gasteiger partial charge in [0.05, 0.1) is 0 Å². The van der Waals surface area contributed by atoms with Gasteiger partial charge in [0, 0.05) is 3.92 Å². The number of halogens is 1. The summed E-state index contributed by atoms with van der Waals surface area (Å²) in [5, 5.41) is 3.38. The topological polar surface area (TPSA) is 38.0 Å². The van der Waals surface area contributed by atoms with Gasteiger partial charge in [-0.25, -0.2) is 0 Å². The molecule has 0 aromatic carbocycles. The molecular formula is C9H21IN2. The Kier molecular flexibility index (Phi) is 10.3. The molecule has 0 saturated heterocycles. The van der Waals surface area contributed by atoms with E-state index in [9.17, 15) is 0 Å². The van der Waals surface area contributed by atoms with Crippen molar-refractivity contribution in [2.75, 3.05) is 19.6 Å². The van der Waals surface area contributed by atoms with E-state index in [1.807, 2.05) is 0 Å². The summed E-state index contributed by atoms with van der Waals surface area (Å²) < 4.78 is 0.826. The lowest BCUT2D eigenvalue weighted by molar-refractivity contribution is 0.594. The summed E-state index contributed by atoms with van der Waals surface area (Å²) in [6.07, 6.45) is 5.10. The van der Waals surface area contributed by atoms with E-state index in [-0.39, 0.29) is 0 Å². The number of nitrogens with two attached hydrogens (primary N) is 1. The summed E-state index contributed by atoms with van der Waals surface area (Å²) in [6, 6.07) is 0. The highest BCUT2D eigenvalue weighted by Crippen LogP contribution is 2.08. The van der Waals surface area contributed by atoms with Crippen molar-refractivity contribution in [1.82, 2.24) is 5.32 Å². The molecule has 0 aliphatic carbocycles. The zero-order valence-electron chi connectivity index (χ0n) is 7.98. The van der Waals surface area contributed by atoms with Crippen LogP contribution in [0.5, 0.6) is 0 Å². The molecule has 0 amide bonds. The van der Waals surface area contributed by atoms with Gasteiger partial charge < -0.3 is 11.1 Å². The minimum absolute atomic E-state index is 0.803. The highest BCUT2D eigenvalue weighted by atomic mass is 127.